The van der Waals surface area contributed by atoms with Gasteiger partial charge in [0.2, 0.25) is 5.95 Å². The minimum absolute atomic E-state index is 0. The normalized spacial score (nSPS) is 11.7. The molecule has 3 aromatic carbocycles. The SMILES string of the molecule is Cc1ccc([C-]=O)c(N=N/C(=N\[N-]c2cc(S(=O)(=O)O)cc(Nc3nc(F)nc(F)n3)c2O)c2ccccc2)c1.[Cu+2]. The number of anilines is 2. The number of phenolic OH excluding ortho intramolecular Hbond substituents is 1. The fourth-order valence-corrected chi connectivity index (χ4v) is 3.68. The van der Waals surface area contributed by atoms with Crippen molar-refractivity contribution < 1.29 is 48.7 Å². The van der Waals surface area contributed by atoms with Gasteiger partial charge in [-0.2, -0.15) is 38.2 Å². The van der Waals surface area contributed by atoms with E-state index in [0.717, 1.165) is 17.7 Å². The second kappa shape index (κ2) is 13.1. The number of halogens is 2. The molecule has 1 radical (unpaired) electrons. The summed E-state index contributed by atoms with van der Waals surface area (Å²) in [6.07, 6.45) is -1.22. The van der Waals surface area contributed by atoms with Gasteiger partial charge in [0.15, 0.2) is 5.84 Å². The number of benzene rings is 3. The molecule has 3 N–H and O–H groups in total. The Balaban J connectivity index is 0.00000462. The minimum atomic E-state index is -4.86. The number of hydrogen-bond acceptors (Lipinski definition) is 10. The largest absolute Gasteiger partial charge is 2.00 e. The van der Waals surface area contributed by atoms with E-state index in [1.165, 1.54) is 6.07 Å². The van der Waals surface area contributed by atoms with Crippen LogP contribution in [0.2, 0.25) is 0 Å². The van der Waals surface area contributed by atoms with Crippen LogP contribution in [0, 0.1) is 19.1 Å². The number of carbonyl (C=O) groups excluding carboxylic acids is 1. The molecule has 4 rings (SSSR count). The molecule has 1 aromatic heterocycles. The van der Waals surface area contributed by atoms with Gasteiger partial charge in [-0.05, 0) is 18.7 Å². The van der Waals surface area contributed by atoms with E-state index in [1.54, 1.807) is 55.7 Å². The third-order valence-corrected chi connectivity index (χ3v) is 5.82. The quantitative estimate of drug-likeness (QED) is 0.0360. The summed E-state index contributed by atoms with van der Waals surface area (Å²) in [6.45, 7) is 1.78. The summed E-state index contributed by atoms with van der Waals surface area (Å²) in [4.78, 5) is 19.7. The van der Waals surface area contributed by atoms with Crippen LogP contribution in [0.3, 0.4) is 0 Å². The van der Waals surface area contributed by atoms with Crippen molar-refractivity contribution in [3.05, 3.63) is 94.9 Å². The molecule has 41 heavy (non-hydrogen) atoms. The molecular weight excluding hydrogens is 614 g/mol. The van der Waals surface area contributed by atoms with Gasteiger partial charge >= 0.3 is 29.2 Å². The smallest absolute Gasteiger partial charge is 0.571 e. The zero-order valence-corrected chi connectivity index (χ0v) is 22.2. The molecule has 0 fully saturated rings. The summed E-state index contributed by atoms with van der Waals surface area (Å²) < 4.78 is 60.1. The standard InChI is InChI=1S/C24H16F2N8O5S.Cu/c1-13-7-8-15(12-35)17(9-13)31-33-21(14-5-3-2-4-6-14)34-32-19-11-16(40(37,38)39)10-18(20(19)36)27-24-29-22(25)28-23(26)30-24;/h2-11H,1H3,(H3-,27,28,29,30,31,32,33,34,35,36,37,38,39);/q-2;+2. The van der Waals surface area contributed by atoms with Gasteiger partial charge in [-0.15, -0.1) is 16.7 Å². The molecule has 0 aliphatic rings. The van der Waals surface area contributed by atoms with Crippen LogP contribution in [-0.4, -0.2) is 45.2 Å². The van der Waals surface area contributed by atoms with Crippen molar-refractivity contribution in [2.75, 3.05) is 5.32 Å². The maximum atomic E-state index is 13.4. The van der Waals surface area contributed by atoms with Crippen LogP contribution in [0.15, 0.2) is 80.9 Å². The van der Waals surface area contributed by atoms with Crippen molar-refractivity contribution in [3.63, 3.8) is 0 Å². The molecule has 17 heteroatoms. The Hall–Kier alpha value is -4.70. The van der Waals surface area contributed by atoms with Crippen LogP contribution < -0.4 is 5.32 Å². The first-order valence-electron chi connectivity index (χ1n) is 11.0. The number of azo groups is 1. The van der Waals surface area contributed by atoms with Crippen molar-refractivity contribution in [1.82, 2.24) is 15.0 Å². The van der Waals surface area contributed by atoms with Crippen LogP contribution in [0.5, 0.6) is 5.75 Å². The molecule has 0 aliphatic carbocycles. The Kier molecular flexibility index (Phi) is 9.85. The third-order valence-electron chi connectivity index (χ3n) is 4.99. The predicted molar refractivity (Wildman–Crippen MR) is 137 cm³/mol. The second-order valence-electron chi connectivity index (χ2n) is 7.85. The summed E-state index contributed by atoms with van der Waals surface area (Å²) in [5.41, 5.74) is 4.38. The van der Waals surface area contributed by atoms with E-state index in [0.29, 0.717) is 5.56 Å². The second-order valence-corrected chi connectivity index (χ2v) is 9.27. The monoisotopic (exact) mass is 629 g/mol. The molecule has 0 unspecified atom stereocenters. The molecule has 0 saturated carbocycles. The molecule has 0 atom stereocenters. The number of aryl methyl sites for hydroxylation is 1. The topological polar surface area (TPSA) is 194 Å². The van der Waals surface area contributed by atoms with Crippen molar-refractivity contribution in [3.8, 4) is 5.75 Å². The Morgan fingerprint density at radius 3 is 2.34 bits per heavy atom. The minimum Gasteiger partial charge on any atom is -0.571 e. The average molecular weight is 630 g/mol. The molecule has 0 bridgehead atoms. The van der Waals surface area contributed by atoms with Crippen LogP contribution in [0.25, 0.3) is 5.43 Å². The molecule has 0 aliphatic heterocycles. The maximum Gasteiger partial charge on any atom is 2.00 e. The summed E-state index contributed by atoms with van der Waals surface area (Å²) in [5, 5.41) is 25.1. The molecular formula is C24H16CuF2N8O5S. The van der Waals surface area contributed by atoms with E-state index in [-0.39, 0.29) is 34.2 Å². The zero-order chi connectivity index (χ0) is 28.9. The van der Waals surface area contributed by atoms with Crippen LogP contribution in [-0.2, 0) is 32.0 Å². The van der Waals surface area contributed by atoms with E-state index in [9.17, 15) is 31.7 Å². The van der Waals surface area contributed by atoms with Gasteiger partial charge in [-0.25, -0.2) is 5.11 Å². The summed E-state index contributed by atoms with van der Waals surface area (Å²) >= 11 is 0. The van der Waals surface area contributed by atoms with E-state index in [1.807, 2.05) is 0 Å². The zero-order valence-electron chi connectivity index (χ0n) is 20.5. The van der Waals surface area contributed by atoms with Gasteiger partial charge in [0.1, 0.15) is 5.75 Å². The first-order chi connectivity index (χ1) is 19.0. The number of aromatic nitrogens is 3. The van der Waals surface area contributed by atoms with Crippen LogP contribution in [0.1, 0.15) is 16.7 Å². The first-order valence-corrected chi connectivity index (χ1v) is 12.4. The maximum absolute atomic E-state index is 13.4. The number of nitrogens with zero attached hydrogens (tertiary/aromatic N) is 7. The molecule has 0 saturated heterocycles. The molecule has 213 valence electrons. The Labute approximate surface area is 241 Å². The van der Waals surface area contributed by atoms with Crippen LogP contribution >= 0.6 is 0 Å². The number of hydrogen-bond donors (Lipinski definition) is 3. The van der Waals surface area contributed by atoms with Gasteiger partial charge in [0.25, 0.3) is 10.1 Å². The van der Waals surface area contributed by atoms with Crippen molar-refractivity contribution in [2.24, 2.45) is 15.3 Å². The van der Waals surface area contributed by atoms with E-state index in [2.05, 4.69) is 41.0 Å². The number of nitrogens with one attached hydrogen (secondary N) is 1. The molecule has 4 aromatic rings. The molecule has 0 amide bonds. The first kappa shape index (κ1) is 30.8. The van der Waals surface area contributed by atoms with Crippen molar-refractivity contribution in [2.45, 2.75) is 11.8 Å². The fraction of sp³-hybridized carbons (Fsp3) is 0.0417. The summed E-state index contributed by atoms with van der Waals surface area (Å²) in [6, 6.07) is 14.6. The van der Waals surface area contributed by atoms with E-state index >= 15 is 0 Å². The number of amidine groups is 1. The number of rotatable bonds is 8. The van der Waals surface area contributed by atoms with Gasteiger partial charge in [0, 0.05) is 5.56 Å². The summed E-state index contributed by atoms with van der Waals surface area (Å²) in [5.74, 6) is -1.59. The Morgan fingerprint density at radius 1 is 1.02 bits per heavy atom. The summed E-state index contributed by atoms with van der Waals surface area (Å²) in [7, 11) is -4.86. The van der Waals surface area contributed by atoms with Crippen molar-refractivity contribution in [1.29, 1.82) is 0 Å². The van der Waals surface area contributed by atoms with E-state index in [4.69, 9.17) is 0 Å². The van der Waals surface area contributed by atoms with Crippen molar-refractivity contribution >= 4 is 45.3 Å². The number of phenols is 1. The Bertz CT molecular complexity index is 1740. The Morgan fingerprint density at radius 2 is 1.71 bits per heavy atom. The van der Waals surface area contributed by atoms with Gasteiger partial charge in [-0.1, -0.05) is 53.7 Å². The van der Waals surface area contributed by atoms with E-state index < -0.39 is 50.2 Å². The van der Waals surface area contributed by atoms with Gasteiger partial charge in [0.05, 0.1) is 16.9 Å². The molecule has 0 spiro atoms. The fourth-order valence-electron chi connectivity index (χ4n) is 3.15. The average Bonchev–Trinajstić information content (AvgIpc) is 2.90. The van der Waals surface area contributed by atoms with Gasteiger partial charge < -0.3 is 25.7 Å². The van der Waals surface area contributed by atoms with Crippen LogP contribution in [0.4, 0.5) is 31.8 Å². The van der Waals surface area contributed by atoms with Gasteiger partial charge in [-0.3, -0.25) is 4.55 Å². The predicted octanol–water partition coefficient (Wildman–Crippen LogP) is 4.76. The third kappa shape index (κ3) is 7.92. The molecule has 13 nitrogen and oxygen atoms in total. The molecule has 1 heterocycles. The number of aromatic hydroxyl groups is 1.